The number of imidazole rings is 1. The summed E-state index contributed by atoms with van der Waals surface area (Å²) < 4.78 is 44.1. The van der Waals surface area contributed by atoms with Crippen molar-refractivity contribution in [1.82, 2.24) is 39.9 Å². The van der Waals surface area contributed by atoms with Gasteiger partial charge >= 0.3 is 18.0 Å². The summed E-state index contributed by atoms with van der Waals surface area (Å²) in [5.41, 5.74) is 2.63. The number of nitrogens with one attached hydrogen (secondary N) is 1. The van der Waals surface area contributed by atoms with Gasteiger partial charge in [-0.05, 0) is 18.6 Å². The minimum Gasteiger partial charge on any atom is -0.412 e. The predicted molar refractivity (Wildman–Crippen MR) is 120 cm³/mol. The Hall–Kier alpha value is -4.49. The van der Waals surface area contributed by atoms with Crippen molar-refractivity contribution in [2.24, 2.45) is 5.10 Å². The molecule has 1 amide bonds. The van der Waals surface area contributed by atoms with Crippen molar-refractivity contribution in [3.63, 3.8) is 0 Å². The molecule has 36 heavy (non-hydrogen) atoms. The van der Waals surface area contributed by atoms with Gasteiger partial charge in [0.2, 0.25) is 0 Å². The summed E-state index contributed by atoms with van der Waals surface area (Å²) in [4.78, 5) is 22.5. The maximum absolute atomic E-state index is 13.4. The van der Waals surface area contributed by atoms with Crippen molar-refractivity contribution in [3.8, 4) is 11.5 Å². The van der Waals surface area contributed by atoms with Crippen LogP contribution in [0.2, 0.25) is 0 Å². The molecule has 14 heteroatoms. The number of alkyl halides is 3. The molecule has 2 aliphatic rings. The average Bonchev–Trinajstić information content (AvgIpc) is 3.61. The number of aromatic amines is 1. The second-order valence-electron chi connectivity index (χ2n) is 8.04. The summed E-state index contributed by atoms with van der Waals surface area (Å²) in [7, 11) is 0. The lowest BCUT2D eigenvalue weighted by Gasteiger charge is -2.33. The van der Waals surface area contributed by atoms with E-state index in [1.807, 2.05) is 24.3 Å². The molecular weight excluding hydrogens is 479 g/mol. The molecule has 2 aliphatic heterocycles. The van der Waals surface area contributed by atoms with Crippen molar-refractivity contribution >= 4 is 12.6 Å². The van der Waals surface area contributed by atoms with E-state index in [-0.39, 0.29) is 17.3 Å². The summed E-state index contributed by atoms with van der Waals surface area (Å²) in [6, 6.07) is -0.421. The largest absolute Gasteiger partial charge is 0.412 e. The quantitative estimate of drug-likeness (QED) is 0.517. The third-order valence-electron chi connectivity index (χ3n) is 5.71. The van der Waals surface area contributed by atoms with Gasteiger partial charge < -0.3 is 14.3 Å². The molecule has 0 unspecified atom stereocenters. The molecule has 186 valence electrons. The fraction of sp³-hybridized carbons (Fsp3) is 0.273. The minimum atomic E-state index is -4.43. The Morgan fingerprint density at radius 3 is 3.00 bits per heavy atom. The average molecular weight is 499 g/mol. The summed E-state index contributed by atoms with van der Waals surface area (Å²) in [5.74, 6) is -0.888. The van der Waals surface area contributed by atoms with Crippen LogP contribution in [0.5, 0.6) is 0 Å². The number of allylic oxidation sites excluding steroid dienone is 3. The van der Waals surface area contributed by atoms with Crippen LogP contribution in [-0.2, 0) is 13.0 Å². The monoisotopic (exact) mass is 499 g/mol. The van der Waals surface area contributed by atoms with Crippen LogP contribution in [0.25, 0.3) is 11.5 Å². The highest BCUT2D eigenvalue weighted by atomic mass is 19.4. The molecule has 0 aromatic carbocycles. The first-order valence-electron chi connectivity index (χ1n) is 10.9. The first kappa shape index (κ1) is 23.3. The van der Waals surface area contributed by atoms with E-state index in [1.165, 1.54) is 6.20 Å². The molecule has 11 nitrogen and oxygen atoms in total. The zero-order chi connectivity index (χ0) is 25.3. The van der Waals surface area contributed by atoms with Gasteiger partial charge in [0.1, 0.15) is 6.54 Å². The Bertz CT molecular complexity index is 1360. The number of carbonyl (C=O) groups excluding carboxylic acids is 1. The molecule has 0 saturated heterocycles. The minimum absolute atomic E-state index is 0.102. The van der Waals surface area contributed by atoms with Gasteiger partial charge in [0.05, 0.1) is 35.5 Å². The highest BCUT2D eigenvalue weighted by molar-refractivity contribution is 5.90. The number of nitrogens with zero attached hydrogens (tertiary/aromatic N) is 8. The number of rotatable bonds is 6. The van der Waals surface area contributed by atoms with E-state index in [9.17, 15) is 18.0 Å². The third kappa shape index (κ3) is 4.69. The zero-order valence-corrected chi connectivity index (χ0v) is 18.8. The third-order valence-corrected chi connectivity index (χ3v) is 5.71. The van der Waals surface area contributed by atoms with Crippen LogP contribution in [0.1, 0.15) is 34.5 Å². The number of aromatic nitrogens is 6. The van der Waals surface area contributed by atoms with Crippen molar-refractivity contribution in [2.45, 2.75) is 31.6 Å². The smallest absolute Gasteiger partial charge is 0.408 e. The van der Waals surface area contributed by atoms with E-state index in [1.54, 1.807) is 22.4 Å². The maximum atomic E-state index is 13.4. The zero-order valence-electron chi connectivity index (χ0n) is 18.8. The molecular formula is C22H20F3N9O2. The SMILES string of the molecule is C=NN1C=CC=C/C1=C/C[C@H]1c2nc[nH]c2CCN1C(=O)c1nnc(-c2cnn(CC(F)(F)F)c2)o1. The molecule has 0 aliphatic carbocycles. The molecule has 1 N–H and O–H groups in total. The van der Waals surface area contributed by atoms with E-state index >= 15 is 0 Å². The Morgan fingerprint density at radius 2 is 2.19 bits per heavy atom. The second-order valence-corrected chi connectivity index (χ2v) is 8.04. The van der Waals surface area contributed by atoms with Crippen LogP contribution < -0.4 is 0 Å². The normalized spacial score (nSPS) is 18.6. The molecule has 0 bridgehead atoms. The fourth-order valence-corrected chi connectivity index (χ4v) is 4.10. The van der Waals surface area contributed by atoms with Gasteiger partial charge in [0.25, 0.3) is 5.89 Å². The molecule has 0 spiro atoms. The maximum Gasteiger partial charge on any atom is 0.408 e. The van der Waals surface area contributed by atoms with Gasteiger partial charge in [-0.25, -0.2) is 9.99 Å². The number of hydrogen-bond donors (Lipinski definition) is 1. The number of halogens is 3. The second kappa shape index (κ2) is 9.28. The van der Waals surface area contributed by atoms with Gasteiger partial charge in [0.15, 0.2) is 0 Å². The number of carbonyl (C=O) groups is 1. The highest BCUT2D eigenvalue weighted by Crippen LogP contribution is 2.33. The fourth-order valence-electron chi connectivity index (χ4n) is 4.10. The molecule has 5 rings (SSSR count). The summed E-state index contributed by atoms with van der Waals surface area (Å²) in [5, 5.41) is 16.9. The van der Waals surface area contributed by atoms with E-state index in [4.69, 9.17) is 4.42 Å². The Balaban J connectivity index is 1.38. The Kier molecular flexibility index (Phi) is 6.00. The summed E-state index contributed by atoms with van der Waals surface area (Å²) >= 11 is 0. The lowest BCUT2D eigenvalue weighted by molar-refractivity contribution is -0.142. The van der Waals surface area contributed by atoms with Crippen LogP contribution in [0, 0.1) is 0 Å². The van der Waals surface area contributed by atoms with Gasteiger partial charge in [-0.3, -0.25) is 9.48 Å². The summed E-state index contributed by atoms with van der Waals surface area (Å²) in [6.45, 7) is 2.69. The van der Waals surface area contributed by atoms with Crippen LogP contribution >= 0.6 is 0 Å². The lowest BCUT2D eigenvalue weighted by atomic mass is 9.99. The first-order valence-corrected chi connectivity index (χ1v) is 10.9. The van der Waals surface area contributed by atoms with Crippen molar-refractivity contribution in [2.75, 3.05) is 6.54 Å². The van der Waals surface area contributed by atoms with Gasteiger partial charge in [-0.1, -0.05) is 12.2 Å². The molecule has 0 saturated carbocycles. The van der Waals surface area contributed by atoms with Crippen molar-refractivity contribution in [3.05, 3.63) is 72.2 Å². The number of H-pyrrole nitrogens is 1. The van der Waals surface area contributed by atoms with Gasteiger partial charge in [-0.2, -0.15) is 23.4 Å². The van der Waals surface area contributed by atoms with Crippen LogP contribution in [0.4, 0.5) is 13.2 Å². The molecule has 5 heterocycles. The number of hydrazone groups is 1. The van der Waals surface area contributed by atoms with Gasteiger partial charge in [0, 0.05) is 37.8 Å². The number of amides is 1. The number of hydrogen-bond acceptors (Lipinski definition) is 8. The topological polar surface area (TPSA) is 121 Å². The van der Waals surface area contributed by atoms with Crippen LogP contribution in [-0.4, -0.2) is 65.2 Å². The van der Waals surface area contributed by atoms with Crippen LogP contribution in [0.15, 0.2) is 64.4 Å². The molecule has 0 radical (unpaired) electrons. The van der Waals surface area contributed by atoms with E-state index in [2.05, 4.69) is 37.1 Å². The standard InChI is InChI=1S/C22H20F3N9O2/c1-26-34-8-3-2-4-15(34)5-6-17-18-16(27-13-28-18)7-9-33(17)21(35)20-31-30-19(36-20)14-10-29-32(11-14)12-22(23,24)25/h2-5,8,10-11,13,17H,1,6-7,9,12H2,(H,27,28)/b15-5-/t17-/m0/s1. The molecule has 3 aromatic heterocycles. The first-order chi connectivity index (χ1) is 17.3. The van der Waals surface area contributed by atoms with Crippen molar-refractivity contribution < 1.29 is 22.4 Å². The van der Waals surface area contributed by atoms with E-state index in [0.29, 0.717) is 24.1 Å². The molecule has 1 atom stereocenters. The van der Waals surface area contributed by atoms with Gasteiger partial charge in [-0.15, -0.1) is 10.2 Å². The lowest BCUT2D eigenvalue weighted by Crippen LogP contribution is -2.40. The summed E-state index contributed by atoms with van der Waals surface area (Å²) in [6.07, 6.45) is 9.71. The Labute approximate surface area is 202 Å². The number of fused-ring (bicyclic) bond motifs is 1. The van der Waals surface area contributed by atoms with Crippen molar-refractivity contribution in [1.29, 1.82) is 0 Å². The Morgan fingerprint density at radius 1 is 1.33 bits per heavy atom. The van der Waals surface area contributed by atoms with E-state index < -0.39 is 24.7 Å². The van der Waals surface area contributed by atoms with E-state index in [0.717, 1.165) is 23.3 Å². The highest BCUT2D eigenvalue weighted by Gasteiger charge is 2.35. The molecule has 3 aromatic rings. The molecule has 0 fully saturated rings. The predicted octanol–water partition coefficient (Wildman–Crippen LogP) is 3.23. The van der Waals surface area contributed by atoms with Crippen LogP contribution in [0.3, 0.4) is 0 Å².